The molecule has 0 amide bonds. The first kappa shape index (κ1) is 17.0. The van der Waals surface area contributed by atoms with E-state index in [0.29, 0.717) is 0 Å². The third-order valence-electron chi connectivity index (χ3n) is 4.82. The van der Waals surface area contributed by atoms with Crippen molar-refractivity contribution < 1.29 is 21.5 Å². The van der Waals surface area contributed by atoms with E-state index in [4.69, 9.17) is 11.6 Å². The standard InChI is InChI=1S/C17H24ClN2.BrH/c18-17-7-3-5-16(15-17)6-4-8-19-9-13-20(14-10-19)11-1-2-12-20;/h3-7,15H,1-2,8-14H2;1H/q+1;/p-1/b6-4+;. The molecule has 0 N–H and O–H groups in total. The van der Waals surface area contributed by atoms with Crippen LogP contribution in [0.15, 0.2) is 30.3 Å². The lowest BCUT2D eigenvalue weighted by molar-refractivity contribution is -0.920. The first-order chi connectivity index (χ1) is 9.76. The molecule has 0 saturated carbocycles. The van der Waals surface area contributed by atoms with Crippen LogP contribution in [-0.4, -0.2) is 55.2 Å². The van der Waals surface area contributed by atoms with E-state index in [-0.39, 0.29) is 17.0 Å². The van der Waals surface area contributed by atoms with Crippen molar-refractivity contribution in [3.63, 3.8) is 0 Å². The van der Waals surface area contributed by atoms with Crippen LogP contribution < -0.4 is 17.0 Å². The van der Waals surface area contributed by atoms with Crippen LogP contribution in [-0.2, 0) is 0 Å². The lowest BCUT2D eigenvalue weighted by atomic mass is 10.2. The van der Waals surface area contributed by atoms with Gasteiger partial charge in [-0.2, -0.15) is 0 Å². The highest BCUT2D eigenvalue weighted by atomic mass is 79.9. The number of halogens is 2. The molecule has 2 aliphatic rings. The maximum Gasteiger partial charge on any atom is 0.0916 e. The van der Waals surface area contributed by atoms with Crippen molar-refractivity contribution in [1.82, 2.24) is 4.90 Å². The fourth-order valence-corrected chi connectivity index (χ4v) is 3.71. The van der Waals surface area contributed by atoms with Crippen molar-refractivity contribution in [3.8, 4) is 0 Å². The third-order valence-corrected chi connectivity index (χ3v) is 5.05. The van der Waals surface area contributed by atoms with E-state index in [1.807, 2.05) is 18.2 Å². The van der Waals surface area contributed by atoms with E-state index in [1.165, 1.54) is 62.2 Å². The largest absolute Gasteiger partial charge is 1.00 e. The quantitative estimate of drug-likeness (QED) is 0.690. The zero-order valence-corrected chi connectivity index (χ0v) is 14.8. The molecule has 1 aromatic rings. The van der Waals surface area contributed by atoms with Gasteiger partial charge in [0, 0.05) is 37.5 Å². The van der Waals surface area contributed by atoms with E-state index < -0.39 is 0 Å². The number of rotatable bonds is 3. The topological polar surface area (TPSA) is 3.24 Å². The summed E-state index contributed by atoms with van der Waals surface area (Å²) in [5, 5.41) is 0.811. The van der Waals surface area contributed by atoms with Crippen molar-refractivity contribution in [2.45, 2.75) is 12.8 Å². The summed E-state index contributed by atoms with van der Waals surface area (Å²) in [5.41, 5.74) is 1.19. The molecule has 4 heteroatoms. The van der Waals surface area contributed by atoms with Gasteiger partial charge in [-0.15, -0.1) is 0 Å². The van der Waals surface area contributed by atoms with Gasteiger partial charge in [0.05, 0.1) is 26.2 Å². The summed E-state index contributed by atoms with van der Waals surface area (Å²) in [5.74, 6) is 0. The zero-order chi connectivity index (χ0) is 13.8. The van der Waals surface area contributed by atoms with E-state index in [9.17, 15) is 0 Å². The lowest BCUT2D eigenvalue weighted by Gasteiger charge is -2.41. The summed E-state index contributed by atoms with van der Waals surface area (Å²) in [4.78, 5) is 2.57. The van der Waals surface area contributed by atoms with Crippen LogP contribution in [0.2, 0.25) is 5.02 Å². The van der Waals surface area contributed by atoms with Crippen LogP contribution in [0, 0.1) is 0 Å². The Morgan fingerprint density at radius 3 is 2.48 bits per heavy atom. The minimum atomic E-state index is 0. The van der Waals surface area contributed by atoms with E-state index in [2.05, 4.69) is 23.1 Å². The van der Waals surface area contributed by atoms with Crippen LogP contribution >= 0.6 is 11.6 Å². The van der Waals surface area contributed by atoms with Crippen molar-refractivity contribution in [2.24, 2.45) is 0 Å². The fourth-order valence-electron chi connectivity index (χ4n) is 3.51. The first-order valence-electron chi connectivity index (χ1n) is 7.75. The number of nitrogens with zero attached hydrogens (tertiary/aromatic N) is 2. The molecule has 0 unspecified atom stereocenters. The molecule has 21 heavy (non-hydrogen) atoms. The Morgan fingerprint density at radius 2 is 1.81 bits per heavy atom. The zero-order valence-electron chi connectivity index (χ0n) is 12.5. The van der Waals surface area contributed by atoms with Gasteiger partial charge >= 0.3 is 0 Å². The third kappa shape index (κ3) is 4.56. The smallest absolute Gasteiger partial charge is 0.0916 e. The predicted molar refractivity (Wildman–Crippen MR) is 85.9 cm³/mol. The Hall–Kier alpha value is -0.350. The number of hydrogen-bond donors (Lipinski definition) is 0. The monoisotopic (exact) mass is 370 g/mol. The van der Waals surface area contributed by atoms with Gasteiger partial charge in [0.1, 0.15) is 0 Å². The molecule has 0 radical (unpaired) electrons. The highest BCUT2D eigenvalue weighted by Gasteiger charge is 2.35. The van der Waals surface area contributed by atoms with Gasteiger partial charge in [-0.05, 0) is 17.7 Å². The van der Waals surface area contributed by atoms with E-state index in [1.54, 1.807) is 0 Å². The molecule has 2 heterocycles. The molecule has 2 nitrogen and oxygen atoms in total. The van der Waals surface area contributed by atoms with Crippen molar-refractivity contribution >= 4 is 17.7 Å². The second kappa shape index (κ2) is 7.77. The summed E-state index contributed by atoms with van der Waals surface area (Å²) in [6.45, 7) is 9.11. The SMILES string of the molecule is Clc1cccc(/C=C/CN2CC[N+]3(CCCC3)CC2)c1.[Br-]. The van der Waals surface area contributed by atoms with Crippen molar-refractivity contribution in [2.75, 3.05) is 45.8 Å². The molecule has 0 aliphatic carbocycles. The van der Waals surface area contributed by atoms with Gasteiger partial charge in [0.25, 0.3) is 0 Å². The van der Waals surface area contributed by atoms with Crippen LogP contribution in [0.4, 0.5) is 0 Å². The second-order valence-electron chi connectivity index (χ2n) is 6.20. The van der Waals surface area contributed by atoms with Crippen molar-refractivity contribution in [1.29, 1.82) is 0 Å². The summed E-state index contributed by atoms with van der Waals surface area (Å²) >= 11 is 6.00. The Kier molecular flexibility index (Phi) is 6.30. The number of quaternary nitrogens is 1. The number of piperazine rings is 1. The minimum absolute atomic E-state index is 0. The maximum absolute atomic E-state index is 6.00. The molecule has 2 fully saturated rings. The van der Waals surface area contributed by atoms with Gasteiger partial charge in [0.15, 0.2) is 0 Å². The Balaban J connectivity index is 0.00000161. The summed E-state index contributed by atoms with van der Waals surface area (Å²) < 4.78 is 1.40. The van der Waals surface area contributed by atoms with Crippen LogP contribution in [0.5, 0.6) is 0 Å². The van der Waals surface area contributed by atoms with Crippen LogP contribution in [0.25, 0.3) is 6.08 Å². The summed E-state index contributed by atoms with van der Waals surface area (Å²) in [6, 6.07) is 8.04. The average molecular weight is 372 g/mol. The minimum Gasteiger partial charge on any atom is -1.00 e. The lowest BCUT2D eigenvalue weighted by Crippen LogP contribution is -3.00. The Labute approximate surface area is 143 Å². The number of benzene rings is 1. The van der Waals surface area contributed by atoms with Gasteiger partial charge in [0.2, 0.25) is 0 Å². The van der Waals surface area contributed by atoms with Crippen molar-refractivity contribution in [3.05, 3.63) is 40.9 Å². The average Bonchev–Trinajstić information content (AvgIpc) is 2.90. The van der Waals surface area contributed by atoms with Crippen LogP contribution in [0.3, 0.4) is 0 Å². The molecular formula is C17H24BrClN2. The predicted octanol–water partition coefficient (Wildman–Crippen LogP) is 0.283. The first-order valence-corrected chi connectivity index (χ1v) is 8.13. The molecule has 2 saturated heterocycles. The molecule has 116 valence electrons. The van der Waals surface area contributed by atoms with Gasteiger partial charge in [-0.25, -0.2) is 0 Å². The molecule has 1 spiro atoms. The summed E-state index contributed by atoms with van der Waals surface area (Å²) in [7, 11) is 0. The highest BCUT2D eigenvalue weighted by Crippen LogP contribution is 2.22. The molecule has 1 aromatic carbocycles. The molecule has 3 rings (SSSR count). The Morgan fingerprint density at radius 1 is 1.10 bits per heavy atom. The summed E-state index contributed by atoms with van der Waals surface area (Å²) in [6.07, 6.45) is 7.33. The van der Waals surface area contributed by atoms with E-state index in [0.717, 1.165) is 11.6 Å². The normalized spacial score (nSPS) is 21.8. The highest BCUT2D eigenvalue weighted by molar-refractivity contribution is 6.30. The molecule has 2 aliphatic heterocycles. The van der Waals surface area contributed by atoms with Gasteiger partial charge in [-0.3, -0.25) is 4.90 Å². The van der Waals surface area contributed by atoms with Crippen LogP contribution in [0.1, 0.15) is 18.4 Å². The molecular weight excluding hydrogens is 348 g/mol. The maximum atomic E-state index is 6.00. The molecule has 0 aromatic heterocycles. The van der Waals surface area contributed by atoms with Gasteiger partial charge < -0.3 is 21.5 Å². The molecule has 0 bridgehead atoms. The fraction of sp³-hybridized carbons (Fsp3) is 0.529. The molecule has 0 atom stereocenters. The Bertz CT molecular complexity index is 473. The van der Waals surface area contributed by atoms with E-state index >= 15 is 0 Å². The second-order valence-corrected chi connectivity index (χ2v) is 6.64. The number of hydrogen-bond acceptors (Lipinski definition) is 1. The van der Waals surface area contributed by atoms with Gasteiger partial charge in [-0.1, -0.05) is 35.9 Å².